The zero-order chi connectivity index (χ0) is 21.5. The Balaban J connectivity index is 1.75. The molecule has 5 nitrogen and oxygen atoms in total. The number of ether oxygens (including phenoxy) is 1. The molecule has 4 aliphatic rings. The summed E-state index contributed by atoms with van der Waals surface area (Å²) in [7, 11) is 3.41. The zero-order valence-electron chi connectivity index (χ0n) is 17.6. The van der Waals surface area contributed by atoms with Gasteiger partial charge in [0.25, 0.3) is 11.8 Å². The minimum absolute atomic E-state index is 0.0145. The Morgan fingerprint density at radius 3 is 2.27 bits per heavy atom. The number of fused-ring (bicyclic) bond motifs is 4. The van der Waals surface area contributed by atoms with Crippen molar-refractivity contribution in [2.24, 2.45) is 0 Å². The normalized spacial score (nSPS) is 31.4. The third-order valence-electron chi connectivity index (χ3n) is 6.82. The average Bonchev–Trinajstić information content (AvgIpc) is 2.81. The Labute approximate surface area is 185 Å². The molecule has 3 saturated heterocycles. The lowest BCUT2D eigenvalue weighted by Crippen LogP contribution is -2.74. The number of amides is 2. The monoisotopic (exact) mass is 440 g/mol. The first-order valence-corrected chi connectivity index (χ1v) is 11.7. The highest BCUT2D eigenvalue weighted by Gasteiger charge is 2.74. The van der Waals surface area contributed by atoms with Crippen LogP contribution >= 0.6 is 23.5 Å². The van der Waals surface area contributed by atoms with Gasteiger partial charge in [0.05, 0.1) is 11.7 Å². The molecule has 3 atom stereocenters. The number of para-hydroxylation sites is 1. The standard InChI is InChI=1S/C23H24N2O3S2/c1-21(2)16-8-6-7-9-17(16)25-19(26)22(3)24(4)20(27)23(21,25)30-18(29-22)14-10-12-15(28-5)13-11-14/h6-13,18H,1-5H3/t18-,22-,23+/m1/s1. The summed E-state index contributed by atoms with van der Waals surface area (Å²) in [6.45, 7) is 6.04. The van der Waals surface area contributed by atoms with E-state index in [2.05, 4.69) is 13.8 Å². The summed E-state index contributed by atoms with van der Waals surface area (Å²) in [6.07, 6.45) is 0. The Morgan fingerprint density at radius 1 is 0.933 bits per heavy atom. The maximum absolute atomic E-state index is 14.0. The molecule has 30 heavy (non-hydrogen) atoms. The van der Waals surface area contributed by atoms with E-state index in [1.54, 1.807) is 47.5 Å². The maximum atomic E-state index is 14.0. The van der Waals surface area contributed by atoms with Gasteiger partial charge in [0, 0.05) is 18.2 Å². The predicted molar refractivity (Wildman–Crippen MR) is 122 cm³/mol. The number of thioether (sulfide) groups is 2. The number of carbonyl (C=O) groups excluding carboxylic acids is 2. The fourth-order valence-electron chi connectivity index (χ4n) is 4.88. The van der Waals surface area contributed by atoms with Crippen molar-refractivity contribution >= 4 is 41.0 Å². The van der Waals surface area contributed by atoms with E-state index in [-0.39, 0.29) is 16.4 Å². The summed E-state index contributed by atoms with van der Waals surface area (Å²) in [5.74, 6) is 0.740. The van der Waals surface area contributed by atoms with Gasteiger partial charge in [-0.2, -0.15) is 0 Å². The molecule has 4 aliphatic heterocycles. The summed E-state index contributed by atoms with van der Waals surface area (Å²) in [6, 6.07) is 15.9. The molecule has 2 aromatic rings. The van der Waals surface area contributed by atoms with Crippen LogP contribution in [0.25, 0.3) is 0 Å². The molecule has 2 aromatic carbocycles. The molecule has 2 bridgehead atoms. The summed E-state index contributed by atoms with van der Waals surface area (Å²) in [4.78, 5) is 29.4. The van der Waals surface area contributed by atoms with E-state index in [1.807, 2.05) is 55.5 Å². The predicted octanol–water partition coefficient (Wildman–Crippen LogP) is 4.38. The molecular weight excluding hydrogens is 416 g/mol. The van der Waals surface area contributed by atoms with Crippen LogP contribution in [0.1, 0.15) is 36.5 Å². The number of hydrogen-bond acceptors (Lipinski definition) is 5. The first-order chi connectivity index (χ1) is 14.2. The SMILES string of the molecule is COc1ccc([C@H]2S[C@]34C(=O)N(C)[C@](C)(S2)C(=O)N3c2ccccc2C4(C)C)cc1. The van der Waals surface area contributed by atoms with Gasteiger partial charge in [-0.05, 0) is 36.2 Å². The van der Waals surface area contributed by atoms with E-state index < -0.39 is 15.2 Å². The van der Waals surface area contributed by atoms with Crippen molar-refractivity contribution in [1.29, 1.82) is 0 Å². The number of likely N-dealkylation sites (N-methyl/N-ethyl adjacent to an activating group) is 1. The van der Waals surface area contributed by atoms with Gasteiger partial charge in [-0.1, -0.05) is 44.2 Å². The lowest BCUT2D eigenvalue weighted by molar-refractivity contribution is -0.148. The van der Waals surface area contributed by atoms with Crippen LogP contribution in [0.2, 0.25) is 0 Å². The fourth-order valence-corrected chi connectivity index (χ4v) is 8.73. The van der Waals surface area contributed by atoms with Crippen molar-refractivity contribution in [3.8, 4) is 5.75 Å². The highest BCUT2D eigenvalue weighted by molar-refractivity contribution is 8.18. The molecule has 7 heteroatoms. The summed E-state index contributed by atoms with van der Waals surface area (Å²) < 4.78 is 5.23. The van der Waals surface area contributed by atoms with Gasteiger partial charge in [-0.15, -0.1) is 23.5 Å². The van der Waals surface area contributed by atoms with Gasteiger partial charge in [-0.25, -0.2) is 0 Å². The maximum Gasteiger partial charge on any atom is 0.264 e. The second kappa shape index (κ2) is 6.20. The molecule has 0 saturated carbocycles. The summed E-state index contributed by atoms with van der Waals surface area (Å²) in [5, 5.41) is 0. The van der Waals surface area contributed by atoms with Crippen LogP contribution < -0.4 is 9.64 Å². The number of rotatable bonds is 2. The summed E-state index contributed by atoms with van der Waals surface area (Å²) >= 11 is 3.14. The third kappa shape index (κ3) is 2.17. The van der Waals surface area contributed by atoms with Gasteiger partial charge in [0.1, 0.15) is 5.75 Å². The quantitative estimate of drug-likeness (QED) is 0.694. The fraction of sp³-hybridized carbons (Fsp3) is 0.391. The first kappa shape index (κ1) is 19.8. The van der Waals surface area contributed by atoms with Crippen molar-refractivity contribution in [2.45, 2.75) is 40.5 Å². The number of carbonyl (C=O) groups is 2. The number of nitrogens with zero attached hydrogens (tertiary/aromatic N) is 2. The molecule has 0 N–H and O–H groups in total. The number of piperazine rings is 1. The van der Waals surface area contributed by atoms with Crippen LogP contribution in [0.3, 0.4) is 0 Å². The smallest absolute Gasteiger partial charge is 0.264 e. The van der Waals surface area contributed by atoms with Crippen molar-refractivity contribution in [2.75, 3.05) is 19.1 Å². The van der Waals surface area contributed by atoms with E-state index in [4.69, 9.17) is 4.74 Å². The highest BCUT2D eigenvalue weighted by atomic mass is 32.2. The van der Waals surface area contributed by atoms with E-state index in [9.17, 15) is 9.59 Å². The molecule has 0 radical (unpaired) electrons. The minimum Gasteiger partial charge on any atom is -0.497 e. The molecule has 0 aliphatic carbocycles. The number of benzene rings is 2. The van der Waals surface area contributed by atoms with Crippen LogP contribution in [0.15, 0.2) is 48.5 Å². The van der Waals surface area contributed by atoms with Crippen LogP contribution in [0.5, 0.6) is 5.75 Å². The second-order valence-electron chi connectivity index (χ2n) is 8.61. The van der Waals surface area contributed by atoms with Crippen molar-refractivity contribution in [3.05, 3.63) is 59.7 Å². The average molecular weight is 441 g/mol. The van der Waals surface area contributed by atoms with Gasteiger partial charge in [0.2, 0.25) is 0 Å². The Hall–Kier alpha value is -2.12. The van der Waals surface area contributed by atoms with Crippen molar-refractivity contribution < 1.29 is 14.3 Å². The van der Waals surface area contributed by atoms with Crippen LogP contribution in [0, 0.1) is 0 Å². The van der Waals surface area contributed by atoms with Gasteiger partial charge >= 0.3 is 0 Å². The Kier molecular flexibility index (Phi) is 4.10. The molecule has 2 amide bonds. The second-order valence-corrected chi connectivity index (χ2v) is 11.7. The van der Waals surface area contributed by atoms with Crippen LogP contribution in [0.4, 0.5) is 5.69 Å². The van der Waals surface area contributed by atoms with E-state index in [1.165, 1.54) is 0 Å². The lowest BCUT2D eigenvalue weighted by atomic mass is 9.78. The number of methoxy groups -OCH3 is 1. The molecular formula is C23H24N2O3S2. The third-order valence-corrected chi connectivity index (χ3v) is 10.5. The minimum atomic E-state index is -1.03. The largest absolute Gasteiger partial charge is 0.497 e. The van der Waals surface area contributed by atoms with Crippen molar-refractivity contribution in [1.82, 2.24) is 4.90 Å². The van der Waals surface area contributed by atoms with Gasteiger partial charge in [-0.3, -0.25) is 14.5 Å². The molecule has 0 unspecified atom stereocenters. The lowest BCUT2D eigenvalue weighted by Gasteiger charge is -2.52. The number of anilines is 1. The molecule has 1 spiro atoms. The van der Waals surface area contributed by atoms with Crippen LogP contribution in [-0.2, 0) is 15.0 Å². The highest BCUT2D eigenvalue weighted by Crippen LogP contribution is 2.69. The molecule has 156 valence electrons. The van der Waals surface area contributed by atoms with Gasteiger partial charge in [0.15, 0.2) is 9.74 Å². The number of hydrogen-bond donors (Lipinski definition) is 0. The van der Waals surface area contributed by atoms with Crippen LogP contribution in [-0.4, -0.2) is 40.6 Å². The topological polar surface area (TPSA) is 49.9 Å². The molecule has 4 heterocycles. The van der Waals surface area contributed by atoms with Gasteiger partial charge < -0.3 is 9.64 Å². The van der Waals surface area contributed by atoms with E-state index in [0.717, 1.165) is 22.6 Å². The first-order valence-electron chi connectivity index (χ1n) is 9.90. The van der Waals surface area contributed by atoms with E-state index in [0.29, 0.717) is 0 Å². The van der Waals surface area contributed by atoms with E-state index >= 15 is 0 Å². The Morgan fingerprint density at radius 2 is 1.60 bits per heavy atom. The molecule has 6 rings (SSSR count). The van der Waals surface area contributed by atoms with Crippen molar-refractivity contribution in [3.63, 3.8) is 0 Å². The molecule has 0 aromatic heterocycles. The Bertz CT molecular complexity index is 1070. The molecule has 3 fully saturated rings. The summed E-state index contributed by atoms with van der Waals surface area (Å²) in [5.41, 5.74) is 2.41. The zero-order valence-corrected chi connectivity index (χ0v) is 19.3.